The van der Waals surface area contributed by atoms with Gasteiger partial charge in [0.05, 0.1) is 11.5 Å². The van der Waals surface area contributed by atoms with E-state index in [1.165, 1.54) is 17.7 Å². The normalized spacial score (nSPS) is 14.9. The zero-order valence-corrected chi connectivity index (χ0v) is 17.8. The first-order valence-electron chi connectivity index (χ1n) is 10.3. The molecule has 28 heavy (non-hydrogen) atoms. The molecule has 0 N–H and O–H groups in total. The van der Waals surface area contributed by atoms with Crippen LogP contribution in [0.25, 0.3) is 0 Å². The minimum absolute atomic E-state index is 0.150. The van der Waals surface area contributed by atoms with Crippen LogP contribution in [0, 0.1) is 23.1 Å². The van der Waals surface area contributed by atoms with Crippen molar-refractivity contribution in [1.82, 2.24) is 4.90 Å². The van der Waals surface area contributed by atoms with Gasteiger partial charge in [0, 0.05) is 18.6 Å². The second kappa shape index (κ2) is 9.85. The Bertz CT molecular complexity index is 761. The zero-order valence-electron chi connectivity index (χ0n) is 17.8. The first kappa shape index (κ1) is 22.1. The molecule has 2 atom stereocenters. The van der Waals surface area contributed by atoms with Crippen molar-refractivity contribution in [3.8, 4) is 6.07 Å². The lowest BCUT2D eigenvalue weighted by atomic mass is 9.69. The molecule has 0 bridgehead atoms. The fourth-order valence-electron chi connectivity index (χ4n) is 4.01. The molecule has 2 aromatic carbocycles. The molecule has 0 aliphatic carbocycles. The van der Waals surface area contributed by atoms with E-state index in [-0.39, 0.29) is 11.7 Å². The van der Waals surface area contributed by atoms with Crippen molar-refractivity contribution in [3.63, 3.8) is 0 Å². The highest BCUT2D eigenvalue weighted by Crippen LogP contribution is 2.37. The molecular weight excluding hydrogens is 347 g/mol. The van der Waals surface area contributed by atoms with E-state index in [1.807, 2.05) is 6.07 Å². The first-order valence-corrected chi connectivity index (χ1v) is 10.3. The van der Waals surface area contributed by atoms with Crippen molar-refractivity contribution < 1.29 is 4.39 Å². The molecule has 150 valence electrons. The fourth-order valence-corrected chi connectivity index (χ4v) is 4.01. The molecule has 0 aromatic heterocycles. The second-order valence-corrected chi connectivity index (χ2v) is 8.38. The third-order valence-electron chi connectivity index (χ3n) is 5.94. The van der Waals surface area contributed by atoms with E-state index in [4.69, 9.17) is 0 Å². The Morgan fingerprint density at radius 2 is 1.57 bits per heavy atom. The molecule has 2 nitrogen and oxygen atoms in total. The monoisotopic (exact) mass is 380 g/mol. The Kier molecular flexibility index (Phi) is 7.78. The summed E-state index contributed by atoms with van der Waals surface area (Å²) in [4.78, 5) is 2.49. The summed E-state index contributed by atoms with van der Waals surface area (Å²) in [5.74, 6) is -0.113. The molecule has 2 rings (SSSR count). The van der Waals surface area contributed by atoms with Crippen LogP contribution in [-0.2, 0) is 12.0 Å². The lowest BCUT2D eigenvalue weighted by Gasteiger charge is -2.37. The average molecular weight is 381 g/mol. The van der Waals surface area contributed by atoms with Gasteiger partial charge in [0.25, 0.3) is 0 Å². The number of nitrogens with zero attached hydrogens (tertiary/aromatic N) is 2. The third-order valence-corrected chi connectivity index (χ3v) is 5.94. The van der Waals surface area contributed by atoms with Crippen molar-refractivity contribution in [3.05, 3.63) is 71.5 Å². The highest BCUT2D eigenvalue weighted by molar-refractivity contribution is 5.33. The van der Waals surface area contributed by atoms with E-state index in [9.17, 15) is 9.65 Å². The van der Waals surface area contributed by atoms with Gasteiger partial charge < -0.3 is 0 Å². The minimum atomic E-state index is -0.600. The zero-order chi connectivity index (χ0) is 20.7. The van der Waals surface area contributed by atoms with Gasteiger partial charge in [-0.3, -0.25) is 4.90 Å². The molecule has 2 unspecified atom stereocenters. The van der Waals surface area contributed by atoms with E-state index < -0.39 is 5.41 Å². The average Bonchev–Trinajstić information content (AvgIpc) is 2.68. The van der Waals surface area contributed by atoms with E-state index in [1.54, 1.807) is 12.1 Å². The van der Waals surface area contributed by atoms with Crippen molar-refractivity contribution in [2.75, 3.05) is 0 Å². The molecule has 0 saturated carbocycles. The summed E-state index contributed by atoms with van der Waals surface area (Å²) < 4.78 is 13.4. The number of rotatable bonds is 9. The SMILES string of the molecule is CC(C)N(Cc1ccccc1)C(C)CCC(C#N)(c1ccc(F)cc1)C(C)C. The Hall–Kier alpha value is -2.18. The van der Waals surface area contributed by atoms with Crippen molar-refractivity contribution in [1.29, 1.82) is 5.26 Å². The molecule has 0 aliphatic rings. The van der Waals surface area contributed by atoms with E-state index >= 15 is 0 Å². The Labute approximate surface area is 170 Å². The number of halogens is 1. The second-order valence-electron chi connectivity index (χ2n) is 8.38. The van der Waals surface area contributed by atoms with Gasteiger partial charge in [-0.15, -0.1) is 0 Å². The van der Waals surface area contributed by atoms with Crippen molar-refractivity contribution in [2.24, 2.45) is 5.92 Å². The van der Waals surface area contributed by atoms with E-state index in [2.05, 4.69) is 69.9 Å². The number of hydrogen-bond acceptors (Lipinski definition) is 2. The molecule has 0 amide bonds. The highest BCUT2D eigenvalue weighted by atomic mass is 19.1. The van der Waals surface area contributed by atoms with E-state index in [0.29, 0.717) is 12.1 Å². The van der Waals surface area contributed by atoms with Gasteiger partial charge in [-0.05, 0) is 62.8 Å². The van der Waals surface area contributed by atoms with Gasteiger partial charge >= 0.3 is 0 Å². The van der Waals surface area contributed by atoms with Crippen LogP contribution in [-0.4, -0.2) is 17.0 Å². The van der Waals surface area contributed by atoms with E-state index in [0.717, 1.165) is 24.9 Å². The first-order chi connectivity index (χ1) is 13.3. The van der Waals surface area contributed by atoms with Crippen LogP contribution in [0.1, 0.15) is 58.6 Å². The molecule has 0 radical (unpaired) electrons. The predicted octanol–water partition coefficient (Wildman–Crippen LogP) is 6.32. The maximum absolute atomic E-state index is 13.4. The summed E-state index contributed by atoms with van der Waals surface area (Å²) in [6.07, 6.45) is 1.67. The van der Waals surface area contributed by atoms with Crippen LogP contribution in [0.4, 0.5) is 4.39 Å². The summed E-state index contributed by atoms with van der Waals surface area (Å²) in [6.45, 7) is 11.8. The smallest absolute Gasteiger partial charge is 0.123 e. The Morgan fingerprint density at radius 1 is 0.964 bits per heavy atom. The quantitative estimate of drug-likeness (QED) is 0.509. The highest BCUT2D eigenvalue weighted by Gasteiger charge is 2.36. The minimum Gasteiger partial charge on any atom is -0.294 e. The molecule has 0 aliphatic heterocycles. The third kappa shape index (κ3) is 5.20. The van der Waals surface area contributed by atoms with Crippen LogP contribution >= 0.6 is 0 Å². The summed E-state index contributed by atoms with van der Waals surface area (Å²) >= 11 is 0. The molecule has 0 saturated heterocycles. The van der Waals surface area contributed by atoms with Gasteiger partial charge in [0.2, 0.25) is 0 Å². The van der Waals surface area contributed by atoms with Crippen LogP contribution in [0.15, 0.2) is 54.6 Å². The summed E-state index contributed by atoms with van der Waals surface area (Å²) in [5, 5.41) is 10.1. The number of nitriles is 1. The summed E-state index contributed by atoms with van der Waals surface area (Å²) in [6, 6.07) is 20.3. The topological polar surface area (TPSA) is 27.0 Å². The van der Waals surface area contributed by atoms with Crippen molar-refractivity contribution in [2.45, 2.75) is 71.5 Å². The van der Waals surface area contributed by atoms with Gasteiger partial charge in [-0.25, -0.2) is 4.39 Å². The lowest BCUT2D eigenvalue weighted by Crippen LogP contribution is -2.40. The summed E-state index contributed by atoms with van der Waals surface area (Å²) in [7, 11) is 0. The molecule has 3 heteroatoms. The van der Waals surface area contributed by atoms with Crippen molar-refractivity contribution >= 4 is 0 Å². The Morgan fingerprint density at radius 3 is 2.07 bits per heavy atom. The molecule has 0 fully saturated rings. The molecular formula is C25H33FN2. The number of benzene rings is 2. The van der Waals surface area contributed by atoms with Gasteiger partial charge in [-0.1, -0.05) is 56.3 Å². The Balaban J connectivity index is 2.18. The predicted molar refractivity (Wildman–Crippen MR) is 114 cm³/mol. The van der Waals surface area contributed by atoms with Gasteiger partial charge in [0.1, 0.15) is 5.82 Å². The number of hydrogen-bond donors (Lipinski definition) is 0. The standard InChI is InChI=1S/C25H33FN2/c1-19(2)25(18-27,23-11-13-24(26)14-12-23)16-15-21(5)28(20(3)4)17-22-9-7-6-8-10-22/h6-14,19-21H,15-17H2,1-5H3. The maximum Gasteiger partial charge on any atom is 0.123 e. The van der Waals surface area contributed by atoms with Crippen LogP contribution in [0.2, 0.25) is 0 Å². The molecule has 0 spiro atoms. The van der Waals surface area contributed by atoms with Gasteiger partial charge in [-0.2, -0.15) is 5.26 Å². The maximum atomic E-state index is 13.4. The van der Waals surface area contributed by atoms with Crippen LogP contribution in [0.5, 0.6) is 0 Å². The molecule has 2 aromatic rings. The van der Waals surface area contributed by atoms with Crippen LogP contribution < -0.4 is 0 Å². The lowest BCUT2D eigenvalue weighted by molar-refractivity contribution is 0.138. The van der Waals surface area contributed by atoms with Crippen LogP contribution in [0.3, 0.4) is 0 Å². The largest absolute Gasteiger partial charge is 0.294 e. The van der Waals surface area contributed by atoms with Gasteiger partial charge in [0.15, 0.2) is 0 Å². The molecule has 0 heterocycles. The fraction of sp³-hybridized carbons (Fsp3) is 0.480. The summed E-state index contributed by atoms with van der Waals surface area (Å²) in [5.41, 5.74) is 1.62.